The molecule has 1 aliphatic heterocycles. The first-order valence-electron chi connectivity index (χ1n) is 10.1. The van der Waals surface area contributed by atoms with Crippen molar-refractivity contribution in [3.8, 4) is 5.75 Å². The molecule has 1 heterocycles. The van der Waals surface area contributed by atoms with Crippen LogP contribution < -0.4 is 4.74 Å². The summed E-state index contributed by atoms with van der Waals surface area (Å²) in [7, 11) is 0. The zero-order valence-corrected chi connectivity index (χ0v) is 16.9. The summed E-state index contributed by atoms with van der Waals surface area (Å²) >= 11 is 0. The zero-order chi connectivity index (χ0) is 21.3. The van der Waals surface area contributed by atoms with Gasteiger partial charge < -0.3 is 14.5 Å². The first-order chi connectivity index (χ1) is 14.5. The van der Waals surface area contributed by atoms with Crippen LogP contribution in [0.15, 0.2) is 59.8 Å². The molecule has 0 N–H and O–H groups in total. The van der Waals surface area contributed by atoms with E-state index in [0.717, 1.165) is 32.4 Å². The number of hydrogen-bond acceptors (Lipinski definition) is 4. The van der Waals surface area contributed by atoms with Crippen molar-refractivity contribution in [3.63, 3.8) is 0 Å². The van der Waals surface area contributed by atoms with Gasteiger partial charge in [-0.05, 0) is 67.5 Å². The van der Waals surface area contributed by atoms with E-state index < -0.39 is 12.7 Å². The average molecular weight is 416 g/mol. The average Bonchev–Trinajstić information content (AvgIpc) is 2.75. The van der Waals surface area contributed by atoms with Crippen molar-refractivity contribution < 1.29 is 23.1 Å². The van der Waals surface area contributed by atoms with Crippen LogP contribution in [0.3, 0.4) is 0 Å². The molecule has 1 amide bonds. The van der Waals surface area contributed by atoms with E-state index in [9.17, 15) is 13.6 Å². The third kappa shape index (κ3) is 6.54. The van der Waals surface area contributed by atoms with Crippen LogP contribution in [0.1, 0.15) is 30.9 Å². The predicted octanol–water partition coefficient (Wildman–Crippen LogP) is 4.51. The molecular weight excluding hydrogens is 390 g/mol. The number of carbonyl (C=O) groups excluding carboxylic acids is 1. The number of carbonyl (C=O) groups is 1. The molecule has 7 heteroatoms. The highest BCUT2D eigenvalue weighted by Gasteiger charge is 2.27. The molecule has 0 bridgehead atoms. The van der Waals surface area contributed by atoms with Crippen molar-refractivity contribution in [2.24, 2.45) is 11.1 Å². The lowest BCUT2D eigenvalue weighted by molar-refractivity contribution is -0.144. The molecule has 5 nitrogen and oxygen atoms in total. The van der Waals surface area contributed by atoms with Gasteiger partial charge in [0.15, 0.2) is 0 Å². The van der Waals surface area contributed by atoms with E-state index in [0.29, 0.717) is 11.5 Å². The Labute approximate surface area is 175 Å². The fraction of sp³-hybridized carbons (Fsp3) is 0.391. The van der Waals surface area contributed by atoms with Gasteiger partial charge in [0, 0.05) is 13.1 Å². The summed E-state index contributed by atoms with van der Waals surface area (Å²) in [5.41, 5.74) is 1.99. The quantitative estimate of drug-likeness (QED) is 0.470. The topological polar surface area (TPSA) is 51.1 Å². The maximum atomic E-state index is 12.6. The molecule has 0 aliphatic carbocycles. The molecule has 1 saturated heterocycles. The number of benzene rings is 2. The number of piperidine rings is 1. The Kier molecular flexibility index (Phi) is 7.76. The van der Waals surface area contributed by atoms with Gasteiger partial charge in [-0.15, -0.1) is 0 Å². The zero-order valence-electron chi connectivity index (χ0n) is 16.9. The Hall–Kier alpha value is -2.96. The fourth-order valence-corrected chi connectivity index (χ4v) is 3.53. The maximum Gasteiger partial charge on any atom is 0.387 e. The first kappa shape index (κ1) is 21.7. The second-order valence-corrected chi connectivity index (χ2v) is 7.39. The molecule has 1 fully saturated rings. The number of likely N-dealkylation sites (tertiary alicyclic amines) is 1. The lowest BCUT2D eigenvalue weighted by Crippen LogP contribution is -2.43. The molecule has 2 aromatic carbocycles. The van der Waals surface area contributed by atoms with E-state index in [1.807, 2.05) is 11.0 Å². The Morgan fingerprint density at radius 1 is 1.13 bits per heavy atom. The van der Waals surface area contributed by atoms with Crippen molar-refractivity contribution in [2.45, 2.75) is 38.9 Å². The molecular formula is C23H26F2N2O3. The van der Waals surface area contributed by atoms with Gasteiger partial charge in [-0.1, -0.05) is 35.5 Å². The predicted molar refractivity (Wildman–Crippen MR) is 111 cm³/mol. The molecule has 0 spiro atoms. The summed E-state index contributed by atoms with van der Waals surface area (Å²) in [4.78, 5) is 19.7. The summed E-state index contributed by atoms with van der Waals surface area (Å²) in [6, 6.07) is 16.4. The highest BCUT2D eigenvalue weighted by atomic mass is 19.3. The van der Waals surface area contributed by atoms with E-state index >= 15 is 0 Å². The second kappa shape index (κ2) is 10.7. The molecule has 1 atom stereocenters. The number of alkyl halides is 2. The van der Waals surface area contributed by atoms with Crippen molar-refractivity contribution in [2.75, 3.05) is 13.1 Å². The number of halogens is 2. The molecule has 30 heavy (non-hydrogen) atoms. The smallest absolute Gasteiger partial charge is 0.387 e. The fourth-order valence-electron chi connectivity index (χ4n) is 3.53. The molecule has 1 aliphatic rings. The van der Waals surface area contributed by atoms with E-state index in [1.54, 1.807) is 19.1 Å². The van der Waals surface area contributed by atoms with Gasteiger partial charge >= 0.3 is 6.61 Å². The minimum atomic E-state index is -2.86. The van der Waals surface area contributed by atoms with Crippen LogP contribution in [0.5, 0.6) is 5.75 Å². The van der Waals surface area contributed by atoms with Gasteiger partial charge in [0.2, 0.25) is 6.10 Å². The molecule has 0 aromatic heterocycles. The van der Waals surface area contributed by atoms with E-state index in [-0.39, 0.29) is 11.7 Å². The third-order valence-electron chi connectivity index (χ3n) is 5.17. The van der Waals surface area contributed by atoms with E-state index in [2.05, 4.69) is 34.2 Å². The molecule has 3 rings (SSSR count). The van der Waals surface area contributed by atoms with Gasteiger partial charge in [0.1, 0.15) is 5.75 Å². The lowest BCUT2D eigenvalue weighted by Gasteiger charge is -2.33. The Balaban J connectivity index is 1.42. The number of amides is 1. The van der Waals surface area contributed by atoms with Crippen molar-refractivity contribution in [1.82, 2.24) is 4.90 Å². The Morgan fingerprint density at radius 3 is 2.43 bits per heavy atom. The second-order valence-electron chi connectivity index (χ2n) is 7.39. The van der Waals surface area contributed by atoms with Crippen LogP contribution in [0.25, 0.3) is 0 Å². The van der Waals surface area contributed by atoms with Gasteiger partial charge in [-0.3, -0.25) is 4.79 Å². The monoisotopic (exact) mass is 416 g/mol. The number of nitrogens with zero attached hydrogens (tertiary/aromatic N) is 2. The van der Waals surface area contributed by atoms with Gasteiger partial charge in [-0.2, -0.15) is 8.78 Å². The summed E-state index contributed by atoms with van der Waals surface area (Å²) < 4.78 is 28.6. The Morgan fingerprint density at radius 2 is 1.80 bits per heavy atom. The van der Waals surface area contributed by atoms with E-state index in [1.165, 1.54) is 23.9 Å². The summed E-state index contributed by atoms with van der Waals surface area (Å²) in [6.45, 7) is 0.261. The number of ether oxygens (including phenoxy) is 1. The Bertz CT molecular complexity index is 820. The normalized spacial score (nSPS) is 16.1. The summed E-state index contributed by atoms with van der Waals surface area (Å²) in [5.74, 6) is 0.580. The molecule has 0 saturated carbocycles. The third-order valence-corrected chi connectivity index (χ3v) is 5.17. The van der Waals surface area contributed by atoms with Crippen LogP contribution in [0.4, 0.5) is 8.78 Å². The van der Waals surface area contributed by atoms with Gasteiger partial charge in [0.25, 0.3) is 5.91 Å². The number of oxime groups is 1. The van der Waals surface area contributed by atoms with Gasteiger partial charge in [-0.25, -0.2) is 0 Å². The van der Waals surface area contributed by atoms with Crippen LogP contribution >= 0.6 is 0 Å². The summed E-state index contributed by atoms with van der Waals surface area (Å²) in [5, 5.41) is 3.86. The molecule has 0 radical (unpaired) electrons. The van der Waals surface area contributed by atoms with Crippen molar-refractivity contribution in [1.29, 1.82) is 0 Å². The van der Waals surface area contributed by atoms with Crippen LogP contribution in [0.2, 0.25) is 0 Å². The van der Waals surface area contributed by atoms with E-state index in [4.69, 9.17) is 4.84 Å². The van der Waals surface area contributed by atoms with Crippen LogP contribution in [-0.4, -0.2) is 42.8 Å². The first-order valence-corrected chi connectivity index (χ1v) is 10.1. The molecule has 1 unspecified atom stereocenters. The van der Waals surface area contributed by atoms with Crippen LogP contribution in [0, 0.1) is 5.92 Å². The molecule has 2 aromatic rings. The summed E-state index contributed by atoms with van der Waals surface area (Å²) in [6.07, 6.45) is 3.74. The van der Waals surface area contributed by atoms with Crippen molar-refractivity contribution in [3.05, 3.63) is 65.7 Å². The van der Waals surface area contributed by atoms with Crippen molar-refractivity contribution >= 4 is 12.1 Å². The minimum Gasteiger partial charge on any atom is -0.435 e. The minimum absolute atomic E-state index is 0.0716. The standard InChI is InChI=1S/C23H26F2N2O3/c1-17(30-26-16-20-7-9-21(10-8-20)29-23(24)25)22(28)27-13-11-19(12-14-27)15-18-5-3-2-4-6-18/h2-10,16-17,19,23H,11-15H2,1H3/b26-16+. The highest BCUT2D eigenvalue weighted by molar-refractivity contribution is 5.81. The van der Waals surface area contributed by atoms with Crippen LogP contribution in [-0.2, 0) is 16.1 Å². The highest BCUT2D eigenvalue weighted by Crippen LogP contribution is 2.22. The SMILES string of the molecule is CC(O/N=C/c1ccc(OC(F)F)cc1)C(=O)N1CCC(Cc2ccccc2)CC1. The molecule has 160 valence electrons. The maximum absolute atomic E-state index is 12.6. The number of hydrogen-bond donors (Lipinski definition) is 0. The van der Waals surface area contributed by atoms with Gasteiger partial charge in [0.05, 0.1) is 6.21 Å². The largest absolute Gasteiger partial charge is 0.435 e. The number of rotatable bonds is 8. The lowest BCUT2D eigenvalue weighted by atomic mass is 9.90.